The van der Waals surface area contributed by atoms with Crippen LogP contribution in [0.4, 0.5) is 0 Å². The van der Waals surface area contributed by atoms with Crippen LogP contribution in [-0.2, 0) is 6.42 Å². The number of likely N-dealkylation sites (tertiary alicyclic amines) is 1. The quantitative estimate of drug-likeness (QED) is 0.847. The SMILES string of the molecule is Cc1ncsc1CCN1CCC[C@H](O)C1. The normalized spacial score (nSPS) is 23.2. The molecule has 0 aromatic carbocycles. The molecule has 1 atom stereocenters. The average Bonchev–Trinajstić information content (AvgIpc) is 2.61. The van der Waals surface area contributed by atoms with Crippen LogP contribution in [0.5, 0.6) is 0 Å². The Balaban J connectivity index is 1.80. The maximum atomic E-state index is 9.54. The smallest absolute Gasteiger partial charge is 0.0797 e. The fourth-order valence-corrected chi connectivity index (χ4v) is 2.83. The standard InChI is InChI=1S/C11H18N2OS/c1-9-11(15-8-12-9)4-6-13-5-2-3-10(14)7-13/h8,10,14H,2-7H2,1H3/t10-/m0/s1. The van der Waals surface area contributed by atoms with Crippen LogP contribution in [0.3, 0.4) is 0 Å². The number of rotatable bonds is 3. The van der Waals surface area contributed by atoms with Gasteiger partial charge in [0.25, 0.3) is 0 Å². The van der Waals surface area contributed by atoms with E-state index in [4.69, 9.17) is 0 Å². The van der Waals surface area contributed by atoms with Gasteiger partial charge in [-0.25, -0.2) is 4.98 Å². The third-order valence-electron chi connectivity index (χ3n) is 2.98. The first kappa shape index (κ1) is 11.0. The summed E-state index contributed by atoms with van der Waals surface area (Å²) in [7, 11) is 0. The number of nitrogens with zero attached hydrogens (tertiary/aromatic N) is 2. The Hall–Kier alpha value is -0.450. The highest BCUT2D eigenvalue weighted by Gasteiger charge is 2.17. The number of hydrogen-bond acceptors (Lipinski definition) is 4. The van der Waals surface area contributed by atoms with Crippen LogP contribution in [0, 0.1) is 6.92 Å². The minimum absolute atomic E-state index is 0.110. The molecule has 1 aliphatic rings. The predicted molar refractivity (Wildman–Crippen MR) is 62.2 cm³/mol. The number of piperidine rings is 1. The Bertz CT molecular complexity index is 313. The minimum atomic E-state index is -0.110. The summed E-state index contributed by atoms with van der Waals surface area (Å²) in [5, 5.41) is 9.54. The number of hydrogen-bond donors (Lipinski definition) is 1. The summed E-state index contributed by atoms with van der Waals surface area (Å²) in [5.74, 6) is 0. The number of aryl methyl sites for hydroxylation is 1. The molecule has 2 rings (SSSR count). The van der Waals surface area contributed by atoms with Crippen LogP contribution in [0.15, 0.2) is 5.51 Å². The lowest BCUT2D eigenvalue weighted by molar-refractivity contribution is 0.0715. The zero-order valence-corrected chi connectivity index (χ0v) is 9.96. The molecule has 0 aliphatic carbocycles. The van der Waals surface area contributed by atoms with E-state index in [1.807, 2.05) is 5.51 Å². The highest BCUT2D eigenvalue weighted by atomic mass is 32.1. The molecule has 0 amide bonds. The number of aliphatic hydroxyl groups is 1. The van der Waals surface area contributed by atoms with Gasteiger partial charge in [0.15, 0.2) is 0 Å². The van der Waals surface area contributed by atoms with Crippen molar-refractivity contribution >= 4 is 11.3 Å². The number of aliphatic hydroxyl groups excluding tert-OH is 1. The molecule has 1 aromatic rings. The van der Waals surface area contributed by atoms with Gasteiger partial charge < -0.3 is 10.0 Å². The predicted octanol–water partition coefficient (Wildman–Crippen LogP) is 1.45. The van der Waals surface area contributed by atoms with Crippen LogP contribution >= 0.6 is 11.3 Å². The highest BCUT2D eigenvalue weighted by molar-refractivity contribution is 7.09. The summed E-state index contributed by atoms with van der Waals surface area (Å²) in [6.07, 6.45) is 3.06. The molecule has 0 saturated carbocycles. The van der Waals surface area contributed by atoms with Crippen LogP contribution in [0.25, 0.3) is 0 Å². The lowest BCUT2D eigenvalue weighted by atomic mass is 10.1. The van der Waals surface area contributed by atoms with Gasteiger partial charge in [0.2, 0.25) is 0 Å². The zero-order chi connectivity index (χ0) is 10.7. The zero-order valence-electron chi connectivity index (χ0n) is 9.15. The second-order valence-electron chi connectivity index (χ2n) is 4.21. The van der Waals surface area contributed by atoms with Crippen molar-refractivity contribution in [2.75, 3.05) is 19.6 Å². The summed E-state index contributed by atoms with van der Waals surface area (Å²) in [6.45, 7) is 5.10. The fraction of sp³-hybridized carbons (Fsp3) is 0.727. The van der Waals surface area contributed by atoms with Gasteiger partial charge in [-0.3, -0.25) is 0 Å². The summed E-state index contributed by atoms with van der Waals surface area (Å²) < 4.78 is 0. The van der Waals surface area contributed by atoms with Gasteiger partial charge in [-0.15, -0.1) is 11.3 Å². The van der Waals surface area contributed by atoms with Gasteiger partial charge in [-0.1, -0.05) is 0 Å². The van der Waals surface area contributed by atoms with Gasteiger partial charge in [-0.05, 0) is 32.7 Å². The van der Waals surface area contributed by atoms with Gasteiger partial charge in [-0.2, -0.15) is 0 Å². The molecule has 0 bridgehead atoms. The van der Waals surface area contributed by atoms with Crippen molar-refractivity contribution in [2.45, 2.75) is 32.3 Å². The van der Waals surface area contributed by atoms with Crippen molar-refractivity contribution in [1.29, 1.82) is 0 Å². The van der Waals surface area contributed by atoms with E-state index in [1.54, 1.807) is 11.3 Å². The largest absolute Gasteiger partial charge is 0.392 e. The van der Waals surface area contributed by atoms with Crippen molar-refractivity contribution in [3.05, 3.63) is 16.1 Å². The number of β-amino-alcohol motifs (C(OH)–C–C–N with tert-alkyl or cyclic N) is 1. The third-order valence-corrected chi connectivity index (χ3v) is 3.98. The van der Waals surface area contributed by atoms with Gasteiger partial charge in [0.1, 0.15) is 0 Å². The van der Waals surface area contributed by atoms with Gasteiger partial charge in [0.05, 0.1) is 17.3 Å². The molecule has 1 aliphatic heterocycles. The first-order valence-corrected chi connectivity index (χ1v) is 6.43. The highest BCUT2D eigenvalue weighted by Crippen LogP contribution is 2.15. The Morgan fingerprint density at radius 2 is 2.53 bits per heavy atom. The maximum absolute atomic E-state index is 9.54. The molecule has 3 nitrogen and oxygen atoms in total. The van der Waals surface area contributed by atoms with E-state index in [0.717, 1.165) is 44.6 Å². The third kappa shape index (κ3) is 3.00. The Kier molecular flexibility index (Phi) is 3.72. The molecule has 0 radical (unpaired) electrons. The van der Waals surface area contributed by atoms with Crippen LogP contribution in [0.1, 0.15) is 23.4 Å². The Morgan fingerprint density at radius 3 is 3.20 bits per heavy atom. The molecule has 1 aromatic heterocycles. The molecule has 84 valence electrons. The molecule has 4 heteroatoms. The first-order chi connectivity index (χ1) is 7.25. The van der Waals surface area contributed by atoms with Gasteiger partial charge >= 0.3 is 0 Å². The average molecular weight is 226 g/mol. The molecule has 0 unspecified atom stereocenters. The lowest BCUT2D eigenvalue weighted by Gasteiger charge is -2.29. The van der Waals surface area contributed by atoms with Crippen molar-refractivity contribution < 1.29 is 5.11 Å². The van der Waals surface area contributed by atoms with E-state index < -0.39 is 0 Å². The minimum Gasteiger partial charge on any atom is -0.392 e. The molecule has 1 fully saturated rings. The summed E-state index contributed by atoms with van der Waals surface area (Å²) in [6, 6.07) is 0. The lowest BCUT2D eigenvalue weighted by Crippen LogP contribution is -2.39. The second kappa shape index (κ2) is 5.05. The van der Waals surface area contributed by atoms with E-state index in [0.29, 0.717) is 0 Å². The van der Waals surface area contributed by atoms with Crippen molar-refractivity contribution in [2.24, 2.45) is 0 Å². The summed E-state index contributed by atoms with van der Waals surface area (Å²) in [4.78, 5) is 7.98. The fourth-order valence-electron chi connectivity index (χ4n) is 2.06. The van der Waals surface area contributed by atoms with Crippen molar-refractivity contribution in [1.82, 2.24) is 9.88 Å². The van der Waals surface area contributed by atoms with E-state index >= 15 is 0 Å². The second-order valence-corrected chi connectivity index (χ2v) is 5.15. The van der Waals surface area contributed by atoms with Crippen LogP contribution in [0.2, 0.25) is 0 Å². The first-order valence-electron chi connectivity index (χ1n) is 5.55. The van der Waals surface area contributed by atoms with Crippen LogP contribution < -0.4 is 0 Å². The van der Waals surface area contributed by atoms with E-state index in [2.05, 4.69) is 16.8 Å². The molecular weight excluding hydrogens is 208 g/mol. The van der Waals surface area contributed by atoms with E-state index in [-0.39, 0.29) is 6.10 Å². The molecular formula is C11H18N2OS. The summed E-state index contributed by atoms with van der Waals surface area (Å²) in [5.41, 5.74) is 3.08. The summed E-state index contributed by atoms with van der Waals surface area (Å²) >= 11 is 1.74. The van der Waals surface area contributed by atoms with Crippen molar-refractivity contribution in [3.8, 4) is 0 Å². The van der Waals surface area contributed by atoms with Crippen molar-refractivity contribution in [3.63, 3.8) is 0 Å². The number of aromatic nitrogens is 1. The molecule has 1 N–H and O–H groups in total. The topological polar surface area (TPSA) is 36.4 Å². The Morgan fingerprint density at radius 1 is 1.67 bits per heavy atom. The molecule has 0 spiro atoms. The van der Waals surface area contributed by atoms with Crippen LogP contribution in [-0.4, -0.2) is 40.7 Å². The number of thiazole rings is 1. The van der Waals surface area contributed by atoms with E-state index in [9.17, 15) is 5.11 Å². The Labute approximate surface area is 94.8 Å². The maximum Gasteiger partial charge on any atom is 0.0797 e. The molecule has 2 heterocycles. The van der Waals surface area contributed by atoms with Gasteiger partial charge in [0, 0.05) is 18.0 Å². The monoisotopic (exact) mass is 226 g/mol. The van der Waals surface area contributed by atoms with E-state index in [1.165, 1.54) is 4.88 Å². The molecule has 15 heavy (non-hydrogen) atoms. The molecule has 1 saturated heterocycles.